The number of rotatable bonds is 7. The summed E-state index contributed by atoms with van der Waals surface area (Å²) >= 11 is 5.98. The van der Waals surface area contributed by atoms with Crippen molar-refractivity contribution in [2.45, 2.75) is 38.5 Å². The number of nitriles is 1. The highest BCUT2D eigenvalue weighted by atomic mass is 35.5. The number of piperazine rings is 1. The van der Waals surface area contributed by atoms with Crippen LogP contribution in [0.25, 0.3) is 0 Å². The molecule has 1 saturated heterocycles. The van der Waals surface area contributed by atoms with Crippen LogP contribution in [0.2, 0.25) is 5.02 Å². The van der Waals surface area contributed by atoms with Gasteiger partial charge in [0.1, 0.15) is 5.82 Å². The topological polar surface area (TPSA) is 73.4 Å². The molecule has 7 heteroatoms. The van der Waals surface area contributed by atoms with Gasteiger partial charge in [-0.05, 0) is 55.8 Å². The number of nitrogens with zero attached hydrogens (tertiary/aromatic N) is 3. The third-order valence-corrected chi connectivity index (χ3v) is 6.70. The number of primary amides is 1. The van der Waals surface area contributed by atoms with Crippen LogP contribution in [0.4, 0.5) is 10.1 Å². The zero-order chi connectivity index (χ0) is 20.8. The molecule has 1 aromatic rings. The van der Waals surface area contributed by atoms with Crippen molar-refractivity contribution in [1.82, 2.24) is 4.90 Å². The van der Waals surface area contributed by atoms with E-state index in [2.05, 4.69) is 15.9 Å². The van der Waals surface area contributed by atoms with Crippen molar-refractivity contribution in [3.05, 3.63) is 29.0 Å². The predicted octanol–water partition coefficient (Wildman–Crippen LogP) is 3.81. The van der Waals surface area contributed by atoms with E-state index < -0.39 is 0 Å². The van der Waals surface area contributed by atoms with Crippen molar-refractivity contribution in [3.8, 4) is 6.07 Å². The number of halogens is 2. The molecule has 3 rings (SSSR count). The molecule has 1 unspecified atom stereocenters. The van der Waals surface area contributed by atoms with Crippen molar-refractivity contribution in [2.24, 2.45) is 23.5 Å². The van der Waals surface area contributed by atoms with Gasteiger partial charge in [0.2, 0.25) is 5.91 Å². The van der Waals surface area contributed by atoms with Crippen LogP contribution < -0.4 is 10.6 Å². The summed E-state index contributed by atoms with van der Waals surface area (Å²) in [7, 11) is 0. The van der Waals surface area contributed by atoms with Gasteiger partial charge in [-0.15, -0.1) is 0 Å². The smallest absolute Gasteiger partial charge is 0.218 e. The second-order valence-electron chi connectivity index (χ2n) is 8.43. The molecule has 1 amide bonds. The normalized spacial score (nSPS) is 24.1. The third kappa shape index (κ3) is 6.32. The summed E-state index contributed by atoms with van der Waals surface area (Å²) in [5, 5.41) is 9.74. The largest absolute Gasteiger partial charge is 0.370 e. The standard InChI is InChI=1S/C22H30ClFN4O/c23-19-12-20(24)14-21(13-19)28-9-7-27(8-10-28)6-5-16-1-3-17(4-2-16)18(15-25)11-22(26)29/h12-14,16-18H,1-11H2,(H2,26,29). The van der Waals surface area contributed by atoms with Crippen LogP contribution in [-0.4, -0.2) is 43.5 Å². The molecule has 2 aliphatic rings. The van der Waals surface area contributed by atoms with Gasteiger partial charge >= 0.3 is 0 Å². The first kappa shape index (κ1) is 21.9. The summed E-state index contributed by atoms with van der Waals surface area (Å²) in [6, 6.07) is 6.99. The number of amides is 1. The van der Waals surface area contributed by atoms with Crippen molar-refractivity contribution in [1.29, 1.82) is 5.26 Å². The first-order valence-corrected chi connectivity index (χ1v) is 10.9. The molecule has 0 bridgehead atoms. The van der Waals surface area contributed by atoms with Gasteiger partial charge in [0.05, 0.1) is 12.0 Å². The minimum absolute atomic E-state index is 0.187. The van der Waals surface area contributed by atoms with Crippen molar-refractivity contribution in [3.63, 3.8) is 0 Å². The molecule has 0 aromatic heterocycles. The Morgan fingerprint density at radius 3 is 2.48 bits per heavy atom. The van der Waals surface area contributed by atoms with E-state index in [0.717, 1.165) is 64.1 Å². The first-order valence-electron chi connectivity index (χ1n) is 10.6. The number of hydrogen-bond donors (Lipinski definition) is 1. The highest BCUT2D eigenvalue weighted by molar-refractivity contribution is 6.30. The summed E-state index contributed by atoms with van der Waals surface area (Å²) in [5.74, 6) is 0.112. The van der Waals surface area contributed by atoms with Crippen molar-refractivity contribution in [2.75, 3.05) is 37.6 Å². The van der Waals surface area contributed by atoms with E-state index in [-0.39, 0.29) is 24.1 Å². The highest BCUT2D eigenvalue weighted by Gasteiger charge is 2.29. The van der Waals surface area contributed by atoms with Gasteiger partial charge in [-0.25, -0.2) is 4.39 Å². The molecule has 0 radical (unpaired) electrons. The van der Waals surface area contributed by atoms with Crippen LogP contribution >= 0.6 is 11.6 Å². The Morgan fingerprint density at radius 2 is 1.90 bits per heavy atom. The number of hydrogen-bond acceptors (Lipinski definition) is 4. The Morgan fingerprint density at radius 1 is 1.21 bits per heavy atom. The molecule has 1 aliphatic carbocycles. The summed E-state index contributed by atoms with van der Waals surface area (Å²) in [4.78, 5) is 15.8. The maximum absolute atomic E-state index is 13.6. The Labute approximate surface area is 177 Å². The maximum Gasteiger partial charge on any atom is 0.218 e. The molecule has 2 N–H and O–H groups in total. The van der Waals surface area contributed by atoms with Gasteiger partial charge in [0, 0.05) is 43.3 Å². The Bertz CT molecular complexity index is 717. The molecule has 0 spiro atoms. The van der Waals surface area contributed by atoms with E-state index in [1.165, 1.54) is 12.5 Å². The number of anilines is 1. The number of carbonyl (C=O) groups excluding carboxylic acids is 1. The SMILES string of the molecule is N#CC(CC(N)=O)C1CCC(CCN2CCN(c3cc(F)cc(Cl)c3)CC2)CC1. The van der Waals surface area contributed by atoms with Crippen LogP contribution in [-0.2, 0) is 4.79 Å². The average molecular weight is 421 g/mol. The van der Waals surface area contributed by atoms with Crippen LogP contribution in [0, 0.1) is 34.9 Å². The quantitative estimate of drug-likeness (QED) is 0.727. The Hall–Kier alpha value is -1.84. The monoisotopic (exact) mass is 420 g/mol. The zero-order valence-corrected chi connectivity index (χ0v) is 17.6. The number of nitrogens with two attached hydrogens (primary N) is 1. The molecular formula is C22H30ClFN4O. The summed E-state index contributed by atoms with van der Waals surface area (Å²) in [6.45, 7) is 4.78. The second kappa shape index (κ2) is 10.3. The molecule has 29 heavy (non-hydrogen) atoms. The van der Waals surface area contributed by atoms with E-state index in [9.17, 15) is 14.4 Å². The molecule has 1 atom stereocenters. The average Bonchev–Trinajstić information content (AvgIpc) is 2.70. The lowest BCUT2D eigenvalue weighted by Crippen LogP contribution is -2.47. The molecule has 1 saturated carbocycles. The van der Waals surface area contributed by atoms with E-state index in [0.29, 0.717) is 16.9 Å². The second-order valence-corrected chi connectivity index (χ2v) is 8.87. The summed E-state index contributed by atoms with van der Waals surface area (Å²) in [5.41, 5.74) is 6.13. The lowest BCUT2D eigenvalue weighted by molar-refractivity contribution is -0.119. The molecule has 1 heterocycles. The van der Waals surface area contributed by atoms with E-state index in [4.69, 9.17) is 17.3 Å². The van der Waals surface area contributed by atoms with Crippen molar-refractivity contribution < 1.29 is 9.18 Å². The van der Waals surface area contributed by atoms with Gasteiger partial charge in [-0.1, -0.05) is 24.4 Å². The molecule has 2 fully saturated rings. The number of carbonyl (C=O) groups is 1. The molecule has 1 aliphatic heterocycles. The fourth-order valence-electron chi connectivity index (χ4n) is 4.73. The Balaban J connectivity index is 1.38. The molecule has 5 nitrogen and oxygen atoms in total. The summed E-state index contributed by atoms with van der Waals surface area (Å²) in [6.07, 6.45) is 5.65. The minimum atomic E-state index is -0.377. The summed E-state index contributed by atoms with van der Waals surface area (Å²) < 4.78 is 13.6. The molecule has 158 valence electrons. The van der Waals surface area contributed by atoms with Crippen LogP contribution in [0.15, 0.2) is 18.2 Å². The first-order chi connectivity index (χ1) is 13.9. The zero-order valence-electron chi connectivity index (χ0n) is 16.8. The maximum atomic E-state index is 13.6. The fraction of sp³-hybridized carbons (Fsp3) is 0.636. The highest BCUT2D eigenvalue weighted by Crippen LogP contribution is 2.36. The Kier molecular flexibility index (Phi) is 7.74. The predicted molar refractivity (Wildman–Crippen MR) is 113 cm³/mol. The van der Waals surface area contributed by atoms with E-state index in [1.54, 1.807) is 6.07 Å². The minimum Gasteiger partial charge on any atom is -0.370 e. The lowest BCUT2D eigenvalue weighted by atomic mass is 9.74. The van der Waals surface area contributed by atoms with E-state index >= 15 is 0 Å². The molecular weight excluding hydrogens is 391 g/mol. The van der Waals surface area contributed by atoms with Gasteiger partial charge < -0.3 is 10.6 Å². The van der Waals surface area contributed by atoms with Crippen LogP contribution in [0.5, 0.6) is 0 Å². The van der Waals surface area contributed by atoms with Crippen LogP contribution in [0.3, 0.4) is 0 Å². The third-order valence-electron chi connectivity index (χ3n) is 6.49. The van der Waals surface area contributed by atoms with Gasteiger partial charge in [0.25, 0.3) is 0 Å². The van der Waals surface area contributed by atoms with Gasteiger partial charge in [-0.3, -0.25) is 9.69 Å². The number of benzene rings is 1. The molecule has 1 aromatic carbocycles. The van der Waals surface area contributed by atoms with Crippen LogP contribution in [0.1, 0.15) is 38.5 Å². The lowest BCUT2D eigenvalue weighted by Gasteiger charge is -2.37. The van der Waals surface area contributed by atoms with Crippen molar-refractivity contribution >= 4 is 23.2 Å². The fourth-order valence-corrected chi connectivity index (χ4v) is 4.95. The van der Waals surface area contributed by atoms with Gasteiger partial charge in [0.15, 0.2) is 0 Å². The van der Waals surface area contributed by atoms with Gasteiger partial charge in [-0.2, -0.15) is 5.26 Å². The van der Waals surface area contributed by atoms with E-state index in [1.807, 2.05) is 6.07 Å².